The lowest BCUT2D eigenvalue weighted by Gasteiger charge is -2.31. The molecule has 0 aliphatic carbocycles. The molecule has 0 aromatic heterocycles. The zero-order valence-corrected chi connectivity index (χ0v) is 85.0. The van der Waals surface area contributed by atoms with Crippen molar-refractivity contribution < 1.29 is 141 Å². The largest absolute Gasteiger partial charge is 0.481 e. The third-order valence-corrected chi connectivity index (χ3v) is 25.0. The van der Waals surface area contributed by atoms with Crippen LogP contribution in [0.5, 0.6) is 0 Å². The molecule has 0 spiro atoms. The highest BCUT2D eigenvalue weighted by Gasteiger charge is 2.45. The molecule has 54 nitrogen and oxygen atoms in total. The number of aliphatic hydroxyl groups excluding tert-OH is 1. The average Bonchev–Trinajstić information content (AvgIpc) is 1.69. The van der Waals surface area contributed by atoms with Crippen molar-refractivity contribution in [3.8, 4) is 0 Å². The third kappa shape index (κ3) is 44.1. The summed E-state index contributed by atoms with van der Waals surface area (Å²) >= 11 is 1.27. The molecule has 0 bridgehead atoms. The van der Waals surface area contributed by atoms with E-state index < -0.39 is 303 Å². The fraction of sp³-hybridized carbons (Fsp3) is 0.663. The molecule has 147 heavy (non-hydrogen) atoms. The van der Waals surface area contributed by atoms with Crippen LogP contribution >= 0.6 is 11.8 Å². The van der Waals surface area contributed by atoms with Crippen LogP contribution < -0.4 is 113 Å². The zero-order valence-electron chi connectivity index (χ0n) is 84.2. The van der Waals surface area contributed by atoms with Gasteiger partial charge in [0.1, 0.15) is 96.7 Å². The van der Waals surface area contributed by atoms with E-state index in [-0.39, 0.29) is 159 Å². The molecule has 4 rings (SSSR count). The van der Waals surface area contributed by atoms with E-state index in [2.05, 4.69) is 90.4 Å². The van der Waals surface area contributed by atoms with Gasteiger partial charge in [-0.3, -0.25) is 116 Å². The number of aliphatic hydroxyl groups is 1. The molecule has 3 heterocycles. The molecule has 3 aliphatic heterocycles. The van der Waals surface area contributed by atoms with Crippen molar-refractivity contribution >= 4 is 160 Å². The van der Waals surface area contributed by atoms with Gasteiger partial charge >= 0.3 is 23.9 Å². The molecule has 1 aromatic rings. The van der Waals surface area contributed by atoms with E-state index in [0.717, 1.165) is 14.7 Å². The van der Waals surface area contributed by atoms with Crippen molar-refractivity contribution in [3.05, 3.63) is 35.9 Å². The SMILES string of the molecule is CC[C@H](C)[C@H](N)C(=O)N[C@@H](CC(=O)O)C(=O)N[C@@H](CCSC)C(=O)N[C@@H](CO)C(=O)N[C@@H](C)C(=O)N[C@@H](Cc1ccccc1)C(=O)N[C@@H](C)C(=O)NCC(=O)N[C@@H](CC(C)C)C(=O)NCC(=O)N1CCC[C@H]1C(=O)N[C@@H](CCCNC(=N)N)C(=O)N[C@@H](CCC(=O)O)C(=O)N[C@@H](CCCCN)C(=O)NCC(=O)N1CCC[C@H]1C(=O)N[C@@H](CC(=O)O)C(=O)N1CCC[C@H]1C(=O)N[C@@H](CC(C)C)C(=O)N[C@@H](CCC(N)=O)C(=O)O. The Kier molecular flexibility index (Phi) is 54.6. The fourth-order valence-electron chi connectivity index (χ4n) is 16.1. The Morgan fingerprint density at radius 2 is 0.830 bits per heavy atom. The van der Waals surface area contributed by atoms with Crippen LogP contribution in [0.3, 0.4) is 0 Å². The van der Waals surface area contributed by atoms with Crippen LogP contribution in [0.1, 0.15) is 196 Å². The minimum atomic E-state index is -1.82. The maximum absolute atomic E-state index is 14.6. The van der Waals surface area contributed by atoms with Crippen LogP contribution in [0.25, 0.3) is 0 Å². The Morgan fingerprint density at radius 1 is 0.422 bits per heavy atom. The molecule has 0 radical (unpaired) electrons. The topological polar surface area (TPSA) is 853 Å². The van der Waals surface area contributed by atoms with Crippen LogP contribution in [-0.2, 0) is 121 Å². The van der Waals surface area contributed by atoms with Crippen LogP contribution in [0.2, 0.25) is 0 Å². The maximum Gasteiger partial charge on any atom is 0.326 e. The number of nitrogens with two attached hydrogens (primary N) is 4. The van der Waals surface area contributed by atoms with Gasteiger partial charge < -0.3 is 154 Å². The summed E-state index contributed by atoms with van der Waals surface area (Å²) in [6.45, 7) is 9.24. The first-order chi connectivity index (χ1) is 69.3. The van der Waals surface area contributed by atoms with Gasteiger partial charge in [-0.1, -0.05) is 78.3 Å². The first kappa shape index (κ1) is 125. The highest BCUT2D eigenvalue weighted by Crippen LogP contribution is 2.25. The predicted molar refractivity (Wildman–Crippen MR) is 526 cm³/mol. The monoisotopic (exact) mass is 2100 g/mol. The number of carbonyl (C=O) groups excluding carboxylic acids is 20. The number of unbranched alkanes of at least 4 members (excludes halogenated alkanes) is 1. The summed E-state index contributed by atoms with van der Waals surface area (Å²) in [5, 5.41) is 98.7. The molecule has 31 N–H and O–H groups in total. The highest BCUT2D eigenvalue weighted by molar-refractivity contribution is 7.98. The van der Waals surface area contributed by atoms with E-state index >= 15 is 0 Å². The molecule has 3 fully saturated rings. The first-order valence-corrected chi connectivity index (χ1v) is 50.2. The van der Waals surface area contributed by atoms with Gasteiger partial charge in [-0.2, -0.15) is 11.8 Å². The number of primary amides is 1. The fourth-order valence-corrected chi connectivity index (χ4v) is 16.6. The average molecular weight is 2100 g/mol. The van der Waals surface area contributed by atoms with Gasteiger partial charge in [0, 0.05) is 45.4 Å². The number of carboxylic acid groups (broad SMARTS) is 4. The van der Waals surface area contributed by atoms with Crippen LogP contribution in [-0.4, -0.2) is 362 Å². The molecule has 20 amide bonds. The van der Waals surface area contributed by atoms with Crippen molar-refractivity contribution in [1.29, 1.82) is 5.41 Å². The number of carbonyl (C=O) groups is 24. The smallest absolute Gasteiger partial charge is 0.326 e. The molecule has 1 aromatic carbocycles. The Labute approximate surface area is 853 Å². The number of aliphatic carboxylic acids is 4. The number of amides is 20. The van der Waals surface area contributed by atoms with E-state index in [0.29, 0.717) is 18.4 Å². The molecule has 3 saturated heterocycles. The number of hydrogen-bond donors (Lipinski definition) is 27. The van der Waals surface area contributed by atoms with Crippen LogP contribution in [0.4, 0.5) is 0 Å². The minimum absolute atomic E-state index is 0.00292. The van der Waals surface area contributed by atoms with Gasteiger partial charge in [-0.15, -0.1) is 0 Å². The van der Waals surface area contributed by atoms with E-state index in [1.54, 1.807) is 78.1 Å². The lowest BCUT2D eigenvalue weighted by Crippen LogP contribution is -2.60. The number of nitrogens with zero attached hydrogens (tertiary/aromatic N) is 3. The van der Waals surface area contributed by atoms with Crippen molar-refractivity contribution in [1.82, 2.24) is 105 Å². The molecule has 0 unspecified atom stereocenters. The van der Waals surface area contributed by atoms with Gasteiger partial charge in [-0.05, 0) is 158 Å². The van der Waals surface area contributed by atoms with Gasteiger partial charge in [0.25, 0.3) is 0 Å². The summed E-state index contributed by atoms with van der Waals surface area (Å²) in [5.74, 6) is -26.0. The molecule has 55 heteroatoms. The van der Waals surface area contributed by atoms with Gasteiger partial charge in [0.05, 0.1) is 45.1 Å². The summed E-state index contributed by atoms with van der Waals surface area (Å²) in [4.78, 5) is 328. The normalized spacial score (nSPS) is 17.3. The van der Waals surface area contributed by atoms with E-state index in [9.17, 15) is 141 Å². The maximum atomic E-state index is 14.6. The Hall–Kier alpha value is -14.0. The van der Waals surface area contributed by atoms with Gasteiger partial charge in [0.2, 0.25) is 118 Å². The molecule has 820 valence electrons. The van der Waals surface area contributed by atoms with Crippen molar-refractivity contribution in [2.45, 2.75) is 299 Å². The molecule has 0 saturated carbocycles. The van der Waals surface area contributed by atoms with Crippen molar-refractivity contribution in [2.75, 3.05) is 71.0 Å². The van der Waals surface area contributed by atoms with Crippen LogP contribution in [0, 0.1) is 23.2 Å². The third-order valence-electron chi connectivity index (χ3n) is 24.4. The Balaban J connectivity index is 1.42. The van der Waals surface area contributed by atoms with Crippen LogP contribution in [0.15, 0.2) is 30.3 Å². The Bertz CT molecular complexity index is 4770. The van der Waals surface area contributed by atoms with Crippen molar-refractivity contribution in [3.63, 3.8) is 0 Å². The molecule has 3 aliphatic rings. The summed E-state index contributed by atoms with van der Waals surface area (Å²) in [7, 11) is 0. The second kappa shape index (κ2) is 64.1. The minimum Gasteiger partial charge on any atom is -0.481 e. The number of likely N-dealkylation sites (tertiary alicyclic amines) is 3. The summed E-state index contributed by atoms with van der Waals surface area (Å²) < 4.78 is 0. The van der Waals surface area contributed by atoms with E-state index in [1.807, 2.05) is 0 Å². The predicted octanol–water partition coefficient (Wildman–Crippen LogP) is -8.34. The highest BCUT2D eigenvalue weighted by atomic mass is 32.2. The lowest BCUT2D eigenvalue weighted by atomic mass is 9.99. The summed E-state index contributed by atoms with van der Waals surface area (Å²) in [6.07, 6.45) is -1.41. The zero-order chi connectivity index (χ0) is 110. The molecule has 18 atom stereocenters. The number of benzene rings is 1. The van der Waals surface area contributed by atoms with Gasteiger partial charge in [0.15, 0.2) is 5.96 Å². The Morgan fingerprint density at radius 3 is 1.32 bits per heavy atom. The number of guanidine groups is 1. The first-order valence-electron chi connectivity index (χ1n) is 48.9. The standard InChI is InChI=1S/C92H147N25O29S/c1-10-49(6)74(95)89(143)112-61(41-72(125)126)84(138)107-56(31-37-147-9)81(135)114-63(46-118)85(139)103-51(8)76(130)110-60(40-52-20-12-11-13-21-52)82(136)102-50(7)75(129)99-43-68(120)104-58(38-47(2)3)78(132)101-45-70(122)115-34-17-24-64(115)86(140)108-54(23-16-33-98-92(96)97)79(133)106-55(28-30-71(123)124)80(134)105-53(22-14-15-32-93)77(131)100-44-69(121)116-35-18-25-65(116)87(141)113-62(42-73(127)128)90(144)117-36-19-26-66(117)88(142)111-59(39-48(4)5)83(137)109-57(91(145)146)27-29-67(94)119/h11-13,20-21,47-51,53-66,74,118H,10,14-19,22-46,93,95H2,1-9H3,(H2,94,119)(H,99,129)(H,100,131)(H,101,132)(H,102,136)(H,103,139)(H,104,120)(H,105,134)(H,106,133)(H,107,138)(H,108,140)(H,109,137)(H,110,130)(H,111,142)(H,112,143)(H,113,141)(H,114,135)(H,123,124)(H,125,126)(H,127,128)(H,145,146)(H4,96,97,98)/t49-,50-,51-,53-,54-,55-,56-,57-,58-,59-,60-,61-,62-,63-,64-,65-,66-,74-/m0/s1. The van der Waals surface area contributed by atoms with E-state index in [1.165, 1.54) is 25.6 Å². The molecular formula is C92H147N25O29S. The number of nitrogens with one attached hydrogen (secondary N) is 18. The van der Waals surface area contributed by atoms with Gasteiger partial charge in [-0.25, -0.2) is 4.79 Å². The van der Waals surface area contributed by atoms with Crippen molar-refractivity contribution in [2.24, 2.45) is 40.7 Å². The van der Waals surface area contributed by atoms with E-state index in [4.69, 9.17) is 28.3 Å². The summed E-state index contributed by atoms with van der Waals surface area (Å²) in [5.41, 5.74) is 23.0. The number of hydrogen-bond acceptors (Lipinski definition) is 29. The summed E-state index contributed by atoms with van der Waals surface area (Å²) in [6, 6.07) is -17.0. The number of carboxylic acids is 4. The number of thioether (sulfide) groups is 1. The second-order valence-electron chi connectivity index (χ2n) is 37.1. The lowest BCUT2D eigenvalue weighted by molar-refractivity contribution is -0.147. The molecular weight excluding hydrogens is 1950 g/mol. The quantitative estimate of drug-likeness (QED) is 0.0164. The second-order valence-corrected chi connectivity index (χ2v) is 38.1. The number of rotatable bonds is 66.